The fourth-order valence-corrected chi connectivity index (χ4v) is 3.08. The number of hydrogen-bond acceptors (Lipinski definition) is 2. The van der Waals surface area contributed by atoms with Gasteiger partial charge in [-0.25, -0.2) is 4.39 Å². The molecule has 2 aromatic carbocycles. The van der Waals surface area contributed by atoms with Gasteiger partial charge in [-0.2, -0.15) is 0 Å². The summed E-state index contributed by atoms with van der Waals surface area (Å²) in [6.45, 7) is 1.57. The first-order valence-electron chi connectivity index (χ1n) is 7.03. The molecule has 2 nitrogen and oxygen atoms in total. The molecule has 1 atom stereocenters. The second-order valence-electron chi connectivity index (χ2n) is 5.33. The molecule has 108 valence electrons. The minimum atomic E-state index is -0.202. The average molecular weight is 300 g/mol. The maximum absolute atomic E-state index is 13.5. The second kappa shape index (κ2) is 5.82. The second-order valence-corrected chi connectivity index (χ2v) is 5.81. The Kier molecular flexibility index (Phi) is 3.88. The van der Waals surface area contributed by atoms with Crippen LogP contribution >= 0.6 is 12.2 Å². The molecule has 1 unspecified atom stereocenters. The van der Waals surface area contributed by atoms with Crippen LogP contribution in [0.2, 0.25) is 0 Å². The topological polar surface area (TPSA) is 29.3 Å². The van der Waals surface area contributed by atoms with Gasteiger partial charge in [0.1, 0.15) is 5.82 Å². The van der Waals surface area contributed by atoms with Crippen LogP contribution in [0.4, 0.5) is 10.1 Å². The maximum Gasteiger partial charge on any atom is 0.125 e. The number of hydrogen-bond donors (Lipinski definition) is 1. The van der Waals surface area contributed by atoms with E-state index in [0.29, 0.717) is 11.5 Å². The van der Waals surface area contributed by atoms with Crippen molar-refractivity contribution < 1.29 is 4.39 Å². The van der Waals surface area contributed by atoms with Crippen molar-refractivity contribution in [1.29, 1.82) is 0 Å². The van der Waals surface area contributed by atoms with Gasteiger partial charge in [0.2, 0.25) is 0 Å². The molecule has 0 bridgehead atoms. The lowest BCUT2D eigenvalue weighted by atomic mass is 9.98. The highest BCUT2D eigenvalue weighted by molar-refractivity contribution is 7.80. The van der Waals surface area contributed by atoms with Crippen molar-refractivity contribution in [2.45, 2.75) is 12.3 Å². The van der Waals surface area contributed by atoms with Gasteiger partial charge in [-0.3, -0.25) is 0 Å². The molecule has 0 fully saturated rings. The van der Waals surface area contributed by atoms with Crippen molar-refractivity contribution in [3.63, 3.8) is 0 Å². The smallest absolute Gasteiger partial charge is 0.125 e. The zero-order chi connectivity index (χ0) is 14.8. The number of rotatable bonds is 4. The molecule has 0 radical (unpaired) electrons. The summed E-state index contributed by atoms with van der Waals surface area (Å²) in [6.07, 6.45) is 0.939. The maximum atomic E-state index is 13.5. The van der Waals surface area contributed by atoms with E-state index in [1.54, 1.807) is 6.07 Å². The first-order chi connectivity index (χ1) is 10.1. The molecule has 2 aromatic rings. The molecule has 3 rings (SSSR count). The van der Waals surface area contributed by atoms with Crippen LogP contribution < -0.4 is 10.6 Å². The summed E-state index contributed by atoms with van der Waals surface area (Å²) in [4.78, 5) is 2.65. The molecule has 1 aliphatic rings. The standard InChI is InChI=1S/C17H17FN2S/c18-14-7-6-13-8-9-20(16(13)10-14)11-15(17(19)21)12-4-2-1-3-5-12/h1-7,10,15H,8-9,11H2,(H2,19,21). The SMILES string of the molecule is NC(=S)C(CN1CCc2ccc(F)cc21)c1ccccc1. The summed E-state index contributed by atoms with van der Waals surface area (Å²) in [5.74, 6) is -0.220. The minimum Gasteiger partial charge on any atom is -0.393 e. The first-order valence-corrected chi connectivity index (χ1v) is 7.43. The molecule has 0 spiro atoms. The number of anilines is 1. The summed E-state index contributed by atoms with van der Waals surface area (Å²) >= 11 is 5.24. The van der Waals surface area contributed by atoms with Crippen LogP contribution in [-0.4, -0.2) is 18.1 Å². The predicted molar refractivity (Wildman–Crippen MR) is 88.3 cm³/mol. The van der Waals surface area contributed by atoms with Crippen molar-refractivity contribution in [2.24, 2.45) is 5.73 Å². The van der Waals surface area contributed by atoms with E-state index < -0.39 is 0 Å². The Morgan fingerprint density at radius 2 is 2.00 bits per heavy atom. The Labute approximate surface area is 129 Å². The quantitative estimate of drug-likeness (QED) is 0.879. The summed E-state index contributed by atoms with van der Waals surface area (Å²) in [7, 11) is 0. The Morgan fingerprint density at radius 1 is 1.24 bits per heavy atom. The molecule has 2 N–H and O–H groups in total. The van der Waals surface area contributed by atoms with E-state index >= 15 is 0 Å². The van der Waals surface area contributed by atoms with E-state index in [9.17, 15) is 4.39 Å². The Balaban J connectivity index is 1.86. The van der Waals surface area contributed by atoms with E-state index in [0.717, 1.165) is 24.2 Å². The third-order valence-corrected chi connectivity index (χ3v) is 4.27. The summed E-state index contributed by atoms with van der Waals surface area (Å²) < 4.78 is 13.5. The fraction of sp³-hybridized carbons (Fsp3) is 0.235. The number of nitrogens with two attached hydrogens (primary N) is 1. The van der Waals surface area contributed by atoms with E-state index in [4.69, 9.17) is 18.0 Å². The van der Waals surface area contributed by atoms with Gasteiger partial charge in [-0.1, -0.05) is 48.6 Å². The normalized spacial score (nSPS) is 14.8. The molecule has 0 saturated heterocycles. The Bertz CT molecular complexity index is 657. The van der Waals surface area contributed by atoms with Crippen LogP contribution in [0, 0.1) is 5.82 Å². The first kappa shape index (κ1) is 14.0. The Morgan fingerprint density at radius 3 is 2.71 bits per heavy atom. The van der Waals surface area contributed by atoms with Crippen LogP contribution in [-0.2, 0) is 6.42 Å². The predicted octanol–water partition coefficient (Wildman–Crippen LogP) is 3.26. The zero-order valence-corrected chi connectivity index (χ0v) is 12.4. The van der Waals surface area contributed by atoms with E-state index in [1.807, 2.05) is 36.4 Å². The Hall–Kier alpha value is -1.94. The van der Waals surface area contributed by atoms with Crippen molar-refractivity contribution in [3.8, 4) is 0 Å². The minimum absolute atomic E-state index is 0.0181. The lowest BCUT2D eigenvalue weighted by Crippen LogP contribution is -2.33. The van der Waals surface area contributed by atoms with Gasteiger partial charge in [0.05, 0.1) is 10.9 Å². The molecular weight excluding hydrogens is 283 g/mol. The fourth-order valence-electron chi connectivity index (χ4n) is 2.87. The zero-order valence-electron chi connectivity index (χ0n) is 11.6. The number of nitrogens with zero attached hydrogens (tertiary/aromatic N) is 1. The van der Waals surface area contributed by atoms with Crippen molar-refractivity contribution in [2.75, 3.05) is 18.0 Å². The average Bonchev–Trinajstić information content (AvgIpc) is 2.87. The van der Waals surface area contributed by atoms with Crippen LogP contribution in [0.25, 0.3) is 0 Å². The molecule has 21 heavy (non-hydrogen) atoms. The number of fused-ring (bicyclic) bond motifs is 1. The van der Waals surface area contributed by atoms with Gasteiger partial charge < -0.3 is 10.6 Å². The highest BCUT2D eigenvalue weighted by Crippen LogP contribution is 2.31. The van der Waals surface area contributed by atoms with Crippen LogP contribution in [0.1, 0.15) is 17.0 Å². The largest absolute Gasteiger partial charge is 0.393 e. The molecule has 1 heterocycles. The molecule has 0 aliphatic carbocycles. The highest BCUT2D eigenvalue weighted by Gasteiger charge is 2.24. The summed E-state index contributed by atoms with van der Waals surface area (Å²) in [5, 5.41) is 0. The number of halogens is 1. The third kappa shape index (κ3) is 2.90. The van der Waals surface area contributed by atoms with Crippen molar-refractivity contribution in [3.05, 3.63) is 65.5 Å². The van der Waals surface area contributed by atoms with Gasteiger partial charge >= 0.3 is 0 Å². The molecular formula is C17H17FN2S. The summed E-state index contributed by atoms with van der Waals surface area (Å²) in [5.41, 5.74) is 9.18. The van der Waals surface area contributed by atoms with Gasteiger partial charge in [-0.15, -0.1) is 0 Å². The van der Waals surface area contributed by atoms with E-state index in [1.165, 1.54) is 11.6 Å². The summed E-state index contributed by atoms with van der Waals surface area (Å²) in [6, 6.07) is 15.0. The lowest BCUT2D eigenvalue weighted by molar-refractivity contribution is 0.627. The van der Waals surface area contributed by atoms with Crippen LogP contribution in [0.5, 0.6) is 0 Å². The molecule has 4 heteroatoms. The molecule has 0 saturated carbocycles. The lowest BCUT2D eigenvalue weighted by Gasteiger charge is -2.25. The van der Waals surface area contributed by atoms with Gasteiger partial charge in [0, 0.05) is 18.8 Å². The molecule has 1 aliphatic heterocycles. The van der Waals surface area contributed by atoms with Crippen LogP contribution in [0.3, 0.4) is 0 Å². The third-order valence-electron chi connectivity index (χ3n) is 3.99. The van der Waals surface area contributed by atoms with Gasteiger partial charge in [0.15, 0.2) is 0 Å². The van der Waals surface area contributed by atoms with Crippen molar-refractivity contribution >= 4 is 22.9 Å². The molecule has 0 aromatic heterocycles. The molecule has 0 amide bonds. The van der Waals surface area contributed by atoms with Gasteiger partial charge in [-0.05, 0) is 29.7 Å². The van der Waals surface area contributed by atoms with E-state index in [2.05, 4.69) is 4.90 Å². The number of benzene rings is 2. The van der Waals surface area contributed by atoms with Gasteiger partial charge in [0.25, 0.3) is 0 Å². The van der Waals surface area contributed by atoms with Crippen molar-refractivity contribution in [1.82, 2.24) is 0 Å². The van der Waals surface area contributed by atoms with Crippen LogP contribution in [0.15, 0.2) is 48.5 Å². The monoisotopic (exact) mass is 300 g/mol. The number of thiocarbonyl (C=S) groups is 1. The highest BCUT2D eigenvalue weighted by atomic mass is 32.1. The van der Waals surface area contributed by atoms with E-state index in [-0.39, 0.29) is 11.7 Å².